The molecule has 1 saturated heterocycles. The van der Waals surface area contributed by atoms with Gasteiger partial charge in [0.05, 0.1) is 5.52 Å². The highest BCUT2D eigenvalue weighted by Crippen LogP contribution is 2.21. The average Bonchev–Trinajstić information content (AvgIpc) is 2.48. The molecule has 1 aromatic heterocycles. The highest BCUT2D eigenvalue weighted by atomic mass is 15.2. The number of likely N-dealkylation sites (tertiary alicyclic amines) is 1. The number of rotatable bonds is 3. The van der Waals surface area contributed by atoms with Gasteiger partial charge in [0.2, 0.25) is 0 Å². The minimum atomic E-state index is 0.551. The quantitative estimate of drug-likeness (QED) is 0.931. The number of hydrogen-bond acceptors (Lipinski definition) is 3. The van der Waals surface area contributed by atoms with E-state index in [0.29, 0.717) is 6.04 Å². The molecule has 3 rings (SSSR count). The summed E-state index contributed by atoms with van der Waals surface area (Å²) in [6.07, 6.45) is 3.86. The van der Waals surface area contributed by atoms with Crippen molar-refractivity contribution < 1.29 is 0 Å². The van der Waals surface area contributed by atoms with Gasteiger partial charge in [-0.25, -0.2) is 0 Å². The van der Waals surface area contributed by atoms with E-state index in [4.69, 9.17) is 5.73 Å². The van der Waals surface area contributed by atoms with E-state index in [1.807, 2.05) is 6.92 Å². The summed E-state index contributed by atoms with van der Waals surface area (Å²) in [7, 11) is 0. The molecule has 0 aliphatic carbocycles. The number of fused-ring (bicyclic) bond motifs is 1. The zero-order chi connectivity index (χ0) is 13.9. The van der Waals surface area contributed by atoms with Crippen LogP contribution in [0.2, 0.25) is 0 Å². The molecule has 1 aromatic carbocycles. The van der Waals surface area contributed by atoms with Gasteiger partial charge in [-0.05, 0) is 50.1 Å². The van der Waals surface area contributed by atoms with Crippen LogP contribution in [-0.2, 0) is 6.54 Å². The maximum atomic E-state index is 5.90. The molecule has 0 saturated carbocycles. The first-order valence-corrected chi connectivity index (χ1v) is 7.56. The number of hydrogen-bond donors (Lipinski definition) is 1. The standard InChI is InChI=1S/C17H23N3/c1-13-5-7-15-10-14(6-8-17(15)19-13)12-20-9-3-2-4-16(20)11-18/h5-8,10,16H,2-4,9,11-12,18H2,1H3. The fourth-order valence-electron chi connectivity index (χ4n) is 3.14. The Balaban J connectivity index is 1.81. The van der Waals surface area contributed by atoms with Gasteiger partial charge in [-0.1, -0.05) is 18.6 Å². The fraction of sp³-hybridized carbons (Fsp3) is 0.471. The van der Waals surface area contributed by atoms with Crippen LogP contribution < -0.4 is 5.73 Å². The normalized spacial score (nSPS) is 20.4. The minimum absolute atomic E-state index is 0.551. The summed E-state index contributed by atoms with van der Waals surface area (Å²) in [6.45, 7) is 4.99. The Kier molecular flexibility index (Phi) is 3.99. The van der Waals surface area contributed by atoms with Crippen molar-refractivity contribution in [3.05, 3.63) is 41.6 Å². The highest BCUT2D eigenvalue weighted by molar-refractivity contribution is 5.79. The van der Waals surface area contributed by atoms with Gasteiger partial charge in [-0.3, -0.25) is 9.88 Å². The van der Waals surface area contributed by atoms with Gasteiger partial charge in [0.25, 0.3) is 0 Å². The van der Waals surface area contributed by atoms with Gasteiger partial charge in [0, 0.05) is 30.2 Å². The zero-order valence-corrected chi connectivity index (χ0v) is 12.2. The van der Waals surface area contributed by atoms with Gasteiger partial charge < -0.3 is 5.73 Å². The number of nitrogens with two attached hydrogens (primary N) is 1. The van der Waals surface area contributed by atoms with Gasteiger partial charge in [0.15, 0.2) is 0 Å². The van der Waals surface area contributed by atoms with Crippen LogP contribution in [0, 0.1) is 6.92 Å². The second-order valence-electron chi connectivity index (χ2n) is 5.84. The third kappa shape index (κ3) is 2.84. The Hall–Kier alpha value is -1.45. The van der Waals surface area contributed by atoms with E-state index in [1.165, 1.54) is 36.8 Å². The van der Waals surface area contributed by atoms with Crippen LogP contribution in [0.1, 0.15) is 30.5 Å². The summed E-state index contributed by atoms with van der Waals surface area (Å²) >= 11 is 0. The summed E-state index contributed by atoms with van der Waals surface area (Å²) in [5.41, 5.74) is 9.43. The van der Waals surface area contributed by atoms with Crippen molar-refractivity contribution in [2.45, 2.75) is 38.8 Å². The topological polar surface area (TPSA) is 42.1 Å². The monoisotopic (exact) mass is 269 g/mol. The minimum Gasteiger partial charge on any atom is -0.329 e. The predicted octanol–water partition coefficient (Wildman–Crippen LogP) is 2.86. The molecule has 2 aromatic rings. The zero-order valence-electron chi connectivity index (χ0n) is 12.2. The first kappa shape index (κ1) is 13.5. The van der Waals surface area contributed by atoms with Crippen LogP contribution in [-0.4, -0.2) is 29.0 Å². The molecule has 2 N–H and O–H groups in total. The van der Waals surface area contributed by atoms with Crippen LogP contribution in [0.15, 0.2) is 30.3 Å². The Bertz CT molecular complexity index is 594. The van der Waals surface area contributed by atoms with E-state index in [-0.39, 0.29) is 0 Å². The van der Waals surface area contributed by atoms with Gasteiger partial charge in [0.1, 0.15) is 0 Å². The van der Waals surface area contributed by atoms with Crippen LogP contribution in [0.4, 0.5) is 0 Å². The smallest absolute Gasteiger partial charge is 0.0705 e. The second kappa shape index (κ2) is 5.90. The Morgan fingerprint density at radius 2 is 2.15 bits per heavy atom. The SMILES string of the molecule is Cc1ccc2cc(CN3CCCCC3CN)ccc2n1. The van der Waals surface area contributed by atoms with Gasteiger partial charge in [-0.2, -0.15) is 0 Å². The third-order valence-corrected chi connectivity index (χ3v) is 4.30. The number of nitrogens with zero attached hydrogens (tertiary/aromatic N) is 2. The van der Waals surface area contributed by atoms with E-state index in [0.717, 1.165) is 24.3 Å². The van der Waals surface area contributed by atoms with Gasteiger partial charge >= 0.3 is 0 Å². The molecule has 3 heteroatoms. The number of aromatic nitrogens is 1. The maximum Gasteiger partial charge on any atom is 0.0705 e. The Morgan fingerprint density at radius 3 is 3.00 bits per heavy atom. The molecule has 0 bridgehead atoms. The largest absolute Gasteiger partial charge is 0.329 e. The van der Waals surface area contributed by atoms with Crippen molar-refractivity contribution in [2.75, 3.05) is 13.1 Å². The van der Waals surface area contributed by atoms with Crippen molar-refractivity contribution in [1.29, 1.82) is 0 Å². The predicted molar refractivity (Wildman–Crippen MR) is 83.6 cm³/mol. The summed E-state index contributed by atoms with van der Waals surface area (Å²) < 4.78 is 0. The molecule has 1 aliphatic rings. The number of piperidine rings is 1. The van der Waals surface area contributed by atoms with Crippen molar-refractivity contribution in [3.63, 3.8) is 0 Å². The molecular formula is C17H23N3. The molecule has 106 valence electrons. The molecule has 0 radical (unpaired) electrons. The second-order valence-corrected chi connectivity index (χ2v) is 5.84. The van der Waals surface area contributed by atoms with E-state index >= 15 is 0 Å². The van der Waals surface area contributed by atoms with Crippen LogP contribution in [0.3, 0.4) is 0 Å². The lowest BCUT2D eigenvalue weighted by molar-refractivity contribution is 0.145. The maximum absolute atomic E-state index is 5.90. The molecular weight excluding hydrogens is 246 g/mol. The van der Waals surface area contributed by atoms with E-state index < -0.39 is 0 Å². The summed E-state index contributed by atoms with van der Waals surface area (Å²) in [5.74, 6) is 0. The van der Waals surface area contributed by atoms with E-state index in [1.54, 1.807) is 0 Å². The Morgan fingerprint density at radius 1 is 1.25 bits per heavy atom. The van der Waals surface area contributed by atoms with Crippen molar-refractivity contribution in [1.82, 2.24) is 9.88 Å². The number of benzene rings is 1. The van der Waals surface area contributed by atoms with Crippen molar-refractivity contribution >= 4 is 10.9 Å². The first-order valence-electron chi connectivity index (χ1n) is 7.56. The molecule has 0 spiro atoms. The molecule has 3 nitrogen and oxygen atoms in total. The van der Waals surface area contributed by atoms with E-state index in [9.17, 15) is 0 Å². The molecule has 20 heavy (non-hydrogen) atoms. The van der Waals surface area contributed by atoms with Crippen molar-refractivity contribution in [2.24, 2.45) is 5.73 Å². The Labute approximate surface area is 120 Å². The van der Waals surface area contributed by atoms with Crippen LogP contribution in [0.25, 0.3) is 10.9 Å². The molecule has 1 fully saturated rings. The summed E-state index contributed by atoms with van der Waals surface area (Å²) in [6, 6.07) is 11.4. The molecule has 1 atom stereocenters. The molecule has 1 unspecified atom stereocenters. The van der Waals surface area contributed by atoms with Crippen molar-refractivity contribution in [3.8, 4) is 0 Å². The van der Waals surface area contributed by atoms with Gasteiger partial charge in [-0.15, -0.1) is 0 Å². The van der Waals surface area contributed by atoms with Crippen LogP contribution in [0.5, 0.6) is 0 Å². The fourth-order valence-corrected chi connectivity index (χ4v) is 3.14. The summed E-state index contributed by atoms with van der Waals surface area (Å²) in [4.78, 5) is 7.10. The lowest BCUT2D eigenvalue weighted by Crippen LogP contribution is -2.43. The van der Waals surface area contributed by atoms with E-state index in [2.05, 4.69) is 40.2 Å². The lowest BCUT2D eigenvalue weighted by Gasteiger charge is -2.35. The number of pyridine rings is 1. The highest BCUT2D eigenvalue weighted by Gasteiger charge is 2.20. The molecule has 1 aliphatic heterocycles. The third-order valence-electron chi connectivity index (χ3n) is 4.30. The first-order chi connectivity index (χ1) is 9.76. The lowest BCUT2D eigenvalue weighted by atomic mass is 10.0. The summed E-state index contributed by atoms with van der Waals surface area (Å²) in [5, 5.41) is 1.23. The van der Waals surface area contributed by atoms with Crippen LogP contribution >= 0.6 is 0 Å². The average molecular weight is 269 g/mol. The molecule has 0 amide bonds. The molecule has 2 heterocycles. The number of aryl methyl sites for hydroxylation is 1.